The monoisotopic (exact) mass is 374 g/mol. The molecule has 2 aromatic carbocycles. The molecular weight excluding hydrogens is 356 g/mol. The molecule has 6 nitrogen and oxygen atoms in total. The maximum absolute atomic E-state index is 12.6. The number of carboxylic acid groups (broad SMARTS) is 1. The van der Waals surface area contributed by atoms with Crippen molar-refractivity contribution < 1.29 is 19.4 Å². The zero-order chi connectivity index (χ0) is 19.8. The van der Waals surface area contributed by atoms with Gasteiger partial charge in [-0.05, 0) is 47.9 Å². The molecule has 0 spiro atoms. The van der Waals surface area contributed by atoms with Crippen LogP contribution in [0.3, 0.4) is 0 Å². The largest absolute Gasteiger partial charge is 0.497 e. The first-order valence-electron chi connectivity index (χ1n) is 8.71. The second kappa shape index (κ2) is 6.74. The lowest BCUT2D eigenvalue weighted by Gasteiger charge is -2.09. The number of hydrogen-bond donors (Lipinski definition) is 3. The van der Waals surface area contributed by atoms with Crippen molar-refractivity contribution in [2.75, 3.05) is 12.4 Å². The number of aromatic amines is 1. The Bertz CT molecular complexity index is 1120. The van der Waals surface area contributed by atoms with Crippen molar-refractivity contribution in [3.8, 4) is 16.9 Å². The summed E-state index contributed by atoms with van der Waals surface area (Å²) >= 11 is 0. The lowest BCUT2D eigenvalue weighted by atomic mass is 9.94. The summed E-state index contributed by atoms with van der Waals surface area (Å²) < 4.78 is 5.22. The van der Waals surface area contributed by atoms with Crippen molar-refractivity contribution in [1.82, 2.24) is 4.98 Å². The van der Waals surface area contributed by atoms with Gasteiger partial charge in [-0.2, -0.15) is 0 Å². The van der Waals surface area contributed by atoms with E-state index in [2.05, 4.69) is 10.3 Å². The Hall–Kier alpha value is -3.80. The maximum Gasteiger partial charge on any atom is 0.337 e. The molecule has 4 rings (SSSR count). The minimum Gasteiger partial charge on any atom is -0.497 e. The van der Waals surface area contributed by atoms with Crippen LogP contribution in [-0.2, 0) is 4.79 Å². The van der Waals surface area contributed by atoms with Gasteiger partial charge in [0.1, 0.15) is 5.75 Å². The molecule has 0 fully saturated rings. The van der Waals surface area contributed by atoms with E-state index in [1.807, 2.05) is 42.5 Å². The number of aromatic carboxylic acids is 1. The Morgan fingerprint density at radius 1 is 1.14 bits per heavy atom. The molecule has 0 aliphatic carbocycles. The second-order valence-corrected chi connectivity index (χ2v) is 6.51. The first-order valence-corrected chi connectivity index (χ1v) is 8.71. The van der Waals surface area contributed by atoms with Crippen LogP contribution in [0.4, 0.5) is 5.69 Å². The summed E-state index contributed by atoms with van der Waals surface area (Å²) in [7, 11) is 1.61. The van der Waals surface area contributed by atoms with Crippen LogP contribution < -0.4 is 10.1 Å². The normalized spacial score (nSPS) is 14.1. The minimum absolute atomic E-state index is 0.189. The van der Waals surface area contributed by atoms with Crippen molar-refractivity contribution in [3.63, 3.8) is 0 Å². The Morgan fingerprint density at radius 3 is 2.54 bits per heavy atom. The highest BCUT2D eigenvalue weighted by Gasteiger charge is 2.28. The average Bonchev–Trinajstić information content (AvgIpc) is 3.22. The fourth-order valence-corrected chi connectivity index (χ4v) is 3.43. The van der Waals surface area contributed by atoms with Gasteiger partial charge in [0.15, 0.2) is 0 Å². The van der Waals surface area contributed by atoms with Gasteiger partial charge in [-0.3, -0.25) is 4.79 Å². The van der Waals surface area contributed by atoms with Crippen LogP contribution >= 0.6 is 0 Å². The molecule has 3 N–H and O–H groups in total. The predicted molar refractivity (Wildman–Crippen MR) is 107 cm³/mol. The van der Waals surface area contributed by atoms with Gasteiger partial charge in [-0.25, -0.2) is 4.79 Å². The number of ether oxygens (including phenoxy) is 1. The zero-order valence-electron chi connectivity index (χ0n) is 15.4. The van der Waals surface area contributed by atoms with Crippen LogP contribution in [0.2, 0.25) is 0 Å². The number of nitrogens with one attached hydrogen (secondary N) is 2. The molecule has 140 valence electrons. The summed E-state index contributed by atoms with van der Waals surface area (Å²) in [4.78, 5) is 26.9. The number of carboxylic acids is 1. The van der Waals surface area contributed by atoms with E-state index in [-0.39, 0.29) is 11.5 Å². The molecule has 28 heavy (non-hydrogen) atoms. The predicted octanol–water partition coefficient (Wildman–Crippen LogP) is 4.19. The Balaban J connectivity index is 1.85. The summed E-state index contributed by atoms with van der Waals surface area (Å²) in [5, 5.41) is 12.1. The molecule has 0 radical (unpaired) electrons. The van der Waals surface area contributed by atoms with Gasteiger partial charge >= 0.3 is 5.97 Å². The number of hydrogen-bond acceptors (Lipinski definition) is 3. The smallest absolute Gasteiger partial charge is 0.337 e. The van der Waals surface area contributed by atoms with Crippen molar-refractivity contribution in [1.29, 1.82) is 0 Å². The van der Waals surface area contributed by atoms with E-state index in [4.69, 9.17) is 4.74 Å². The third-order valence-electron chi connectivity index (χ3n) is 4.93. The van der Waals surface area contributed by atoms with Gasteiger partial charge in [0, 0.05) is 23.1 Å². The number of carbonyl (C=O) groups excluding carboxylic acids is 1. The summed E-state index contributed by atoms with van der Waals surface area (Å²) in [6, 6.07) is 13.3. The van der Waals surface area contributed by atoms with Gasteiger partial charge in [-0.1, -0.05) is 24.3 Å². The summed E-state index contributed by atoms with van der Waals surface area (Å²) in [6.45, 7) is 1.72. The van der Waals surface area contributed by atoms with Crippen molar-refractivity contribution in [2.24, 2.45) is 0 Å². The van der Waals surface area contributed by atoms with E-state index in [1.54, 1.807) is 20.1 Å². The zero-order valence-corrected chi connectivity index (χ0v) is 15.4. The van der Waals surface area contributed by atoms with Crippen LogP contribution in [0.15, 0.2) is 48.7 Å². The van der Waals surface area contributed by atoms with Gasteiger partial charge in [0.05, 0.1) is 18.2 Å². The third kappa shape index (κ3) is 2.85. The van der Waals surface area contributed by atoms with Crippen molar-refractivity contribution in [2.45, 2.75) is 6.92 Å². The Morgan fingerprint density at radius 2 is 1.89 bits per heavy atom. The molecule has 0 bridgehead atoms. The fraction of sp³-hybridized carbons (Fsp3) is 0.0909. The van der Waals surface area contributed by atoms with E-state index in [0.29, 0.717) is 16.8 Å². The molecular formula is C22H18N2O4. The van der Waals surface area contributed by atoms with E-state index in [0.717, 1.165) is 28.1 Å². The number of H-pyrrole nitrogens is 1. The summed E-state index contributed by atoms with van der Waals surface area (Å²) in [5.74, 6) is -0.472. The highest BCUT2D eigenvalue weighted by atomic mass is 16.5. The van der Waals surface area contributed by atoms with Crippen LogP contribution in [0.25, 0.3) is 22.8 Å². The van der Waals surface area contributed by atoms with Crippen LogP contribution in [0.1, 0.15) is 27.2 Å². The van der Waals surface area contributed by atoms with Gasteiger partial charge < -0.3 is 20.1 Å². The van der Waals surface area contributed by atoms with Gasteiger partial charge in [-0.15, -0.1) is 0 Å². The average molecular weight is 374 g/mol. The van der Waals surface area contributed by atoms with E-state index in [1.165, 1.54) is 6.20 Å². The first-order chi connectivity index (χ1) is 13.5. The number of carbonyl (C=O) groups is 2. The molecule has 2 heterocycles. The number of fused-ring (bicyclic) bond motifs is 1. The van der Waals surface area contributed by atoms with Crippen molar-refractivity contribution in [3.05, 3.63) is 71.0 Å². The van der Waals surface area contributed by atoms with Crippen LogP contribution in [-0.4, -0.2) is 29.1 Å². The molecule has 0 saturated heterocycles. The molecule has 0 unspecified atom stereocenters. The summed E-state index contributed by atoms with van der Waals surface area (Å²) in [5.41, 5.74) is 5.25. The lowest BCUT2D eigenvalue weighted by molar-refractivity contribution is -0.110. The highest BCUT2D eigenvalue weighted by molar-refractivity contribution is 6.36. The van der Waals surface area contributed by atoms with Gasteiger partial charge in [0.2, 0.25) is 0 Å². The third-order valence-corrected chi connectivity index (χ3v) is 4.93. The Labute approximate surface area is 161 Å². The standard InChI is InChI=1S/C22H18N2O4/c1-12-17(22(26)27)11-23-19(12)10-16-20-15(4-3-5-18(20)24-21(16)25)13-6-8-14(28-2)9-7-13/h3-11,23H,1-2H3,(H,24,25)(H,26,27)/b16-10-. The molecule has 1 aliphatic heterocycles. The van der Waals surface area contributed by atoms with E-state index >= 15 is 0 Å². The number of benzene rings is 2. The van der Waals surface area contributed by atoms with Gasteiger partial charge in [0.25, 0.3) is 5.91 Å². The van der Waals surface area contributed by atoms with E-state index < -0.39 is 5.97 Å². The quantitative estimate of drug-likeness (QED) is 0.597. The van der Waals surface area contributed by atoms with Crippen LogP contribution in [0, 0.1) is 6.92 Å². The molecule has 6 heteroatoms. The topological polar surface area (TPSA) is 91.4 Å². The molecule has 3 aromatic rings. The Kier molecular flexibility index (Phi) is 4.24. The van der Waals surface area contributed by atoms with Crippen LogP contribution in [0.5, 0.6) is 5.75 Å². The molecule has 1 amide bonds. The number of methoxy groups -OCH3 is 1. The fourth-order valence-electron chi connectivity index (χ4n) is 3.43. The number of amides is 1. The lowest BCUT2D eigenvalue weighted by Crippen LogP contribution is -2.03. The van der Waals surface area contributed by atoms with E-state index in [9.17, 15) is 14.7 Å². The van der Waals surface area contributed by atoms with Crippen molar-refractivity contribution >= 4 is 29.2 Å². The number of anilines is 1. The minimum atomic E-state index is -1.01. The molecule has 1 aromatic heterocycles. The first kappa shape index (κ1) is 17.6. The molecule has 0 saturated carbocycles. The molecule has 1 aliphatic rings. The summed E-state index contributed by atoms with van der Waals surface area (Å²) in [6.07, 6.45) is 3.14. The SMILES string of the molecule is COc1ccc(-c2cccc3c2/C(=C/c2[nH]cc(C(=O)O)c2C)C(=O)N3)cc1. The maximum atomic E-state index is 12.6. The second-order valence-electron chi connectivity index (χ2n) is 6.51. The number of aromatic nitrogens is 1. The number of rotatable bonds is 4. The molecule has 0 atom stereocenters. The highest BCUT2D eigenvalue weighted by Crippen LogP contribution is 2.40.